The van der Waals surface area contributed by atoms with Crippen molar-refractivity contribution >= 4 is 11.9 Å². The molecule has 0 aromatic carbocycles. The molecule has 3 heteroatoms. The van der Waals surface area contributed by atoms with Crippen molar-refractivity contribution in [3.8, 4) is 0 Å². The molecule has 1 rings (SSSR count). The Bertz CT molecular complexity index is 285. The highest BCUT2D eigenvalue weighted by Crippen LogP contribution is 2.10. The third kappa shape index (κ3) is 2.86. The molecule has 0 saturated carbocycles. The number of hydrogen-bond donors (Lipinski definition) is 0. The molecule has 1 aliphatic heterocycles. The van der Waals surface area contributed by atoms with Gasteiger partial charge in [-0.25, -0.2) is 9.59 Å². The summed E-state index contributed by atoms with van der Waals surface area (Å²) in [6.07, 6.45) is 5.60. The van der Waals surface area contributed by atoms with Crippen LogP contribution in [0.15, 0.2) is 23.8 Å². The second kappa shape index (κ2) is 4.03. The van der Waals surface area contributed by atoms with Crippen LogP contribution in [0.3, 0.4) is 0 Å². The number of cyclic esters (lactones) is 2. The maximum Gasteiger partial charge on any atom is 0.346 e. The minimum Gasteiger partial charge on any atom is -0.386 e. The van der Waals surface area contributed by atoms with E-state index in [-0.39, 0.29) is 0 Å². The van der Waals surface area contributed by atoms with E-state index in [4.69, 9.17) is 0 Å². The van der Waals surface area contributed by atoms with Gasteiger partial charge >= 0.3 is 11.9 Å². The van der Waals surface area contributed by atoms with Crippen molar-refractivity contribution in [1.29, 1.82) is 0 Å². The lowest BCUT2D eigenvalue weighted by Gasteiger charge is -1.95. The normalized spacial score (nSPS) is 17.0. The maximum atomic E-state index is 10.9. The van der Waals surface area contributed by atoms with Crippen molar-refractivity contribution in [2.45, 2.75) is 20.3 Å². The Morgan fingerprint density at radius 1 is 1.46 bits per heavy atom. The fraction of sp³-hybridized carbons (Fsp3) is 0.400. The minimum absolute atomic E-state index is 0.339. The number of rotatable bonds is 3. The van der Waals surface area contributed by atoms with Crippen LogP contribution in [0.1, 0.15) is 20.3 Å². The van der Waals surface area contributed by atoms with Gasteiger partial charge in [0.2, 0.25) is 0 Å². The van der Waals surface area contributed by atoms with E-state index in [0.717, 1.165) is 6.42 Å². The average Bonchev–Trinajstić information content (AvgIpc) is 2.29. The molecule has 0 amide bonds. The molecule has 13 heavy (non-hydrogen) atoms. The maximum absolute atomic E-state index is 10.9. The van der Waals surface area contributed by atoms with Gasteiger partial charge in [-0.15, -0.1) is 0 Å². The highest BCUT2D eigenvalue weighted by molar-refractivity contribution is 6.10. The first-order valence-electron chi connectivity index (χ1n) is 4.24. The Morgan fingerprint density at radius 2 is 2.15 bits per heavy atom. The first kappa shape index (κ1) is 9.71. The van der Waals surface area contributed by atoms with Crippen molar-refractivity contribution < 1.29 is 14.3 Å². The number of esters is 2. The molecule has 1 aliphatic rings. The van der Waals surface area contributed by atoms with Crippen molar-refractivity contribution in [2.75, 3.05) is 0 Å². The van der Waals surface area contributed by atoms with Crippen LogP contribution in [0.25, 0.3) is 0 Å². The molecule has 0 radical (unpaired) electrons. The van der Waals surface area contributed by atoms with Gasteiger partial charge < -0.3 is 4.74 Å². The summed E-state index contributed by atoms with van der Waals surface area (Å²) >= 11 is 0. The van der Waals surface area contributed by atoms with E-state index >= 15 is 0 Å². The molecule has 0 unspecified atom stereocenters. The molecule has 0 saturated heterocycles. The zero-order chi connectivity index (χ0) is 9.84. The topological polar surface area (TPSA) is 43.4 Å². The van der Waals surface area contributed by atoms with Crippen molar-refractivity contribution in [2.24, 2.45) is 5.92 Å². The predicted molar refractivity (Wildman–Crippen MR) is 47.8 cm³/mol. The second-order valence-electron chi connectivity index (χ2n) is 3.34. The van der Waals surface area contributed by atoms with E-state index in [1.807, 2.05) is 6.08 Å². The molecular weight excluding hydrogens is 168 g/mol. The number of carbonyl (C=O) groups is 2. The molecule has 0 fully saturated rings. The fourth-order valence-electron chi connectivity index (χ4n) is 0.949. The summed E-state index contributed by atoms with van der Waals surface area (Å²) in [6.45, 7) is 4.16. The number of ether oxygens (including phenoxy) is 1. The van der Waals surface area contributed by atoms with Crippen LogP contribution in [0.5, 0.6) is 0 Å². The van der Waals surface area contributed by atoms with Crippen LogP contribution >= 0.6 is 0 Å². The van der Waals surface area contributed by atoms with E-state index in [9.17, 15) is 9.59 Å². The van der Waals surface area contributed by atoms with Crippen molar-refractivity contribution in [1.82, 2.24) is 0 Å². The molecular formula is C10H12O3. The van der Waals surface area contributed by atoms with E-state index in [0.29, 0.717) is 11.5 Å². The van der Waals surface area contributed by atoms with Gasteiger partial charge in [0.1, 0.15) is 0 Å². The monoisotopic (exact) mass is 180 g/mol. The predicted octanol–water partition coefficient (Wildman–Crippen LogP) is 1.60. The zero-order valence-electron chi connectivity index (χ0n) is 7.74. The number of allylic oxidation sites excluding steroid dienone is 1. The number of hydrogen-bond acceptors (Lipinski definition) is 3. The van der Waals surface area contributed by atoms with Crippen LogP contribution in [0.4, 0.5) is 0 Å². The van der Waals surface area contributed by atoms with Gasteiger partial charge in [0.05, 0.1) is 5.57 Å². The summed E-state index contributed by atoms with van der Waals surface area (Å²) in [4.78, 5) is 21.5. The van der Waals surface area contributed by atoms with Crippen LogP contribution in [-0.4, -0.2) is 11.9 Å². The summed E-state index contributed by atoms with van der Waals surface area (Å²) in [5.41, 5.74) is 0.339. The van der Waals surface area contributed by atoms with Crippen molar-refractivity contribution in [3.05, 3.63) is 23.8 Å². The summed E-state index contributed by atoms with van der Waals surface area (Å²) in [5, 5.41) is 0. The lowest BCUT2D eigenvalue weighted by atomic mass is 10.1. The van der Waals surface area contributed by atoms with Gasteiger partial charge in [0, 0.05) is 6.08 Å². The van der Waals surface area contributed by atoms with E-state index < -0.39 is 11.9 Å². The first-order valence-corrected chi connectivity index (χ1v) is 4.24. The Balaban J connectivity index is 2.54. The van der Waals surface area contributed by atoms with Crippen LogP contribution in [0, 0.1) is 5.92 Å². The largest absolute Gasteiger partial charge is 0.386 e. The third-order valence-electron chi connectivity index (χ3n) is 1.61. The molecule has 0 atom stereocenters. The second-order valence-corrected chi connectivity index (χ2v) is 3.34. The summed E-state index contributed by atoms with van der Waals surface area (Å²) in [6, 6.07) is 0. The Hall–Kier alpha value is -1.38. The molecule has 70 valence electrons. The quantitative estimate of drug-likeness (QED) is 0.489. The lowest BCUT2D eigenvalue weighted by molar-refractivity contribution is -0.150. The Kier molecular flexibility index (Phi) is 3.01. The van der Waals surface area contributed by atoms with Crippen LogP contribution < -0.4 is 0 Å². The van der Waals surface area contributed by atoms with E-state index in [1.54, 1.807) is 6.08 Å². The molecule has 0 bridgehead atoms. The highest BCUT2D eigenvalue weighted by Gasteiger charge is 2.20. The third-order valence-corrected chi connectivity index (χ3v) is 1.61. The van der Waals surface area contributed by atoms with E-state index in [1.165, 1.54) is 6.08 Å². The Labute approximate surface area is 77.1 Å². The average molecular weight is 180 g/mol. The van der Waals surface area contributed by atoms with Gasteiger partial charge in [0.25, 0.3) is 0 Å². The standard InChI is InChI=1S/C10H12O3/c1-7(2)4-3-5-8-6-9(11)13-10(8)12/h3,5-7H,4H2,1-2H3. The first-order chi connectivity index (χ1) is 6.09. The lowest BCUT2D eigenvalue weighted by Crippen LogP contribution is -2.00. The molecule has 0 spiro atoms. The fourth-order valence-corrected chi connectivity index (χ4v) is 0.949. The minimum atomic E-state index is -0.575. The number of carbonyl (C=O) groups excluding carboxylic acids is 2. The van der Waals surface area contributed by atoms with Crippen LogP contribution in [0.2, 0.25) is 0 Å². The van der Waals surface area contributed by atoms with Gasteiger partial charge in [0.15, 0.2) is 0 Å². The van der Waals surface area contributed by atoms with Gasteiger partial charge in [-0.3, -0.25) is 0 Å². The molecule has 1 heterocycles. The van der Waals surface area contributed by atoms with Gasteiger partial charge in [-0.05, 0) is 12.3 Å². The molecule has 0 aliphatic carbocycles. The highest BCUT2D eigenvalue weighted by atomic mass is 16.6. The molecule has 0 N–H and O–H groups in total. The van der Waals surface area contributed by atoms with E-state index in [2.05, 4.69) is 18.6 Å². The summed E-state index contributed by atoms with van der Waals surface area (Å²) < 4.78 is 4.31. The molecule has 0 aromatic rings. The van der Waals surface area contributed by atoms with Crippen LogP contribution in [-0.2, 0) is 14.3 Å². The Morgan fingerprint density at radius 3 is 2.62 bits per heavy atom. The SMILES string of the molecule is CC(C)CC=CC1=CC(=O)OC1=O. The summed E-state index contributed by atoms with van der Waals surface area (Å²) in [5.74, 6) is -0.579. The molecule has 3 nitrogen and oxygen atoms in total. The van der Waals surface area contributed by atoms with Gasteiger partial charge in [-0.2, -0.15) is 0 Å². The zero-order valence-corrected chi connectivity index (χ0v) is 7.74. The summed E-state index contributed by atoms with van der Waals surface area (Å²) in [7, 11) is 0. The smallest absolute Gasteiger partial charge is 0.346 e. The van der Waals surface area contributed by atoms with Crippen molar-refractivity contribution in [3.63, 3.8) is 0 Å². The van der Waals surface area contributed by atoms with Gasteiger partial charge in [-0.1, -0.05) is 26.0 Å². The molecule has 0 aromatic heterocycles.